The first-order valence-corrected chi connectivity index (χ1v) is 4.53. The van der Waals surface area contributed by atoms with Gasteiger partial charge in [-0.25, -0.2) is 0 Å². The first-order chi connectivity index (χ1) is 5.53. The molecule has 0 bridgehead atoms. The Balaban J connectivity index is 2.28. The maximum absolute atomic E-state index is 9.35. The lowest BCUT2D eigenvalue weighted by Gasteiger charge is -2.18. The molecule has 0 aromatic rings. The maximum atomic E-state index is 9.35. The van der Waals surface area contributed by atoms with Crippen molar-refractivity contribution < 1.29 is 14.6 Å². The molecule has 1 fully saturated rings. The Morgan fingerprint density at radius 3 is 2.67 bits per heavy atom. The van der Waals surface area contributed by atoms with Crippen LogP contribution in [0.4, 0.5) is 0 Å². The Morgan fingerprint density at radius 1 is 1.58 bits per heavy atom. The van der Waals surface area contributed by atoms with Gasteiger partial charge < -0.3 is 14.6 Å². The van der Waals surface area contributed by atoms with E-state index in [0.29, 0.717) is 13.0 Å². The monoisotopic (exact) mass is 174 g/mol. The minimum atomic E-state index is -0.460. The minimum Gasteiger partial charge on any atom is -0.393 e. The van der Waals surface area contributed by atoms with Crippen LogP contribution in [0.1, 0.15) is 33.6 Å². The summed E-state index contributed by atoms with van der Waals surface area (Å²) in [6, 6.07) is 0. The molecule has 3 heteroatoms. The molecule has 2 unspecified atom stereocenters. The van der Waals surface area contributed by atoms with Crippen LogP contribution in [0.3, 0.4) is 0 Å². The summed E-state index contributed by atoms with van der Waals surface area (Å²) in [5, 5.41) is 9.35. The number of aliphatic hydroxyl groups is 1. The highest BCUT2D eigenvalue weighted by molar-refractivity contribution is 4.73. The molecule has 3 nitrogen and oxygen atoms in total. The number of hydrogen-bond donors (Lipinski definition) is 1. The van der Waals surface area contributed by atoms with Crippen LogP contribution in [0, 0.1) is 0 Å². The van der Waals surface area contributed by atoms with Crippen molar-refractivity contribution in [3.63, 3.8) is 0 Å². The summed E-state index contributed by atoms with van der Waals surface area (Å²) in [5.74, 6) is -0.460. The smallest absolute Gasteiger partial charge is 0.163 e. The van der Waals surface area contributed by atoms with E-state index in [4.69, 9.17) is 9.47 Å². The second kappa shape index (κ2) is 3.73. The number of hydrogen-bond acceptors (Lipinski definition) is 3. The predicted molar refractivity (Wildman–Crippen MR) is 45.8 cm³/mol. The van der Waals surface area contributed by atoms with Gasteiger partial charge in [0.1, 0.15) is 0 Å². The molecule has 0 spiro atoms. The van der Waals surface area contributed by atoms with Gasteiger partial charge in [-0.2, -0.15) is 0 Å². The van der Waals surface area contributed by atoms with Crippen LogP contribution in [0.25, 0.3) is 0 Å². The number of rotatable bonds is 3. The third-order valence-electron chi connectivity index (χ3n) is 2.07. The quantitative estimate of drug-likeness (QED) is 0.701. The van der Waals surface area contributed by atoms with Crippen molar-refractivity contribution in [2.45, 2.75) is 51.6 Å². The fraction of sp³-hybridized carbons (Fsp3) is 1.00. The average Bonchev–Trinajstić information content (AvgIpc) is 2.30. The lowest BCUT2D eigenvalue weighted by Crippen LogP contribution is -2.23. The van der Waals surface area contributed by atoms with Crippen molar-refractivity contribution in [1.29, 1.82) is 0 Å². The summed E-state index contributed by atoms with van der Waals surface area (Å²) in [5.41, 5.74) is 0. The molecule has 1 rings (SSSR count). The Kier molecular flexibility index (Phi) is 3.09. The van der Waals surface area contributed by atoms with Crippen molar-refractivity contribution in [3.8, 4) is 0 Å². The topological polar surface area (TPSA) is 38.7 Å². The molecule has 0 aromatic heterocycles. The van der Waals surface area contributed by atoms with Crippen molar-refractivity contribution in [3.05, 3.63) is 0 Å². The molecule has 2 atom stereocenters. The summed E-state index contributed by atoms with van der Waals surface area (Å²) in [7, 11) is 0. The molecular formula is C9H18O3. The number of ether oxygens (including phenoxy) is 2. The normalized spacial score (nSPS) is 30.5. The van der Waals surface area contributed by atoms with Gasteiger partial charge in [-0.3, -0.25) is 0 Å². The second-order valence-electron chi connectivity index (χ2n) is 3.75. The molecule has 1 aliphatic heterocycles. The highest BCUT2D eigenvalue weighted by Gasteiger charge is 2.33. The second-order valence-corrected chi connectivity index (χ2v) is 3.75. The zero-order valence-corrected chi connectivity index (χ0v) is 8.04. The third-order valence-corrected chi connectivity index (χ3v) is 2.07. The standard InChI is InChI=1S/C9H18O3/c1-4-7(10)5-8-6-11-9(2,3)12-8/h7-8,10H,4-6H2,1-3H3. The van der Waals surface area contributed by atoms with Gasteiger partial charge in [0, 0.05) is 6.42 Å². The third kappa shape index (κ3) is 2.73. The summed E-state index contributed by atoms with van der Waals surface area (Å²) in [6.07, 6.45) is 1.27. The molecule has 1 N–H and O–H groups in total. The first-order valence-electron chi connectivity index (χ1n) is 4.53. The largest absolute Gasteiger partial charge is 0.393 e. The Morgan fingerprint density at radius 2 is 2.25 bits per heavy atom. The van der Waals surface area contributed by atoms with Crippen molar-refractivity contribution in [2.75, 3.05) is 6.61 Å². The van der Waals surface area contributed by atoms with Gasteiger partial charge >= 0.3 is 0 Å². The average molecular weight is 174 g/mol. The van der Waals surface area contributed by atoms with Crippen LogP contribution < -0.4 is 0 Å². The Labute approximate surface area is 73.7 Å². The van der Waals surface area contributed by atoms with E-state index in [-0.39, 0.29) is 12.2 Å². The van der Waals surface area contributed by atoms with Gasteiger partial charge in [-0.05, 0) is 20.3 Å². The Hall–Kier alpha value is -0.120. The highest BCUT2D eigenvalue weighted by Crippen LogP contribution is 2.25. The van der Waals surface area contributed by atoms with E-state index in [0.717, 1.165) is 6.42 Å². The molecule has 0 aromatic carbocycles. The van der Waals surface area contributed by atoms with Crippen LogP contribution in [0.2, 0.25) is 0 Å². The molecule has 1 saturated heterocycles. The van der Waals surface area contributed by atoms with Crippen molar-refractivity contribution in [1.82, 2.24) is 0 Å². The van der Waals surface area contributed by atoms with Gasteiger partial charge in [0.15, 0.2) is 5.79 Å². The summed E-state index contributed by atoms with van der Waals surface area (Å²) in [4.78, 5) is 0. The molecule has 72 valence electrons. The molecule has 0 aliphatic carbocycles. The molecule has 0 amide bonds. The molecule has 0 radical (unpaired) electrons. The van der Waals surface area contributed by atoms with E-state index in [1.54, 1.807) is 0 Å². The van der Waals surface area contributed by atoms with Gasteiger partial charge in [-0.1, -0.05) is 6.92 Å². The van der Waals surface area contributed by atoms with Gasteiger partial charge in [0.05, 0.1) is 18.8 Å². The SMILES string of the molecule is CCC(O)CC1COC(C)(C)O1. The fourth-order valence-corrected chi connectivity index (χ4v) is 1.35. The fourth-order valence-electron chi connectivity index (χ4n) is 1.35. The van der Waals surface area contributed by atoms with Crippen molar-refractivity contribution in [2.24, 2.45) is 0 Å². The molecular weight excluding hydrogens is 156 g/mol. The minimum absolute atomic E-state index is 0.0648. The Bertz CT molecular complexity index is 145. The van der Waals surface area contributed by atoms with Crippen molar-refractivity contribution >= 4 is 0 Å². The van der Waals surface area contributed by atoms with Gasteiger partial charge in [0.2, 0.25) is 0 Å². The van der Waals surface area contributed by atoms with E-state index >= 15 is 0 Å². The first kappa shape index (κ1) is 9.96. The van der Waals surface area contributed by atoms with Crippen LogP contribution >= 0.6 is 0 Å². The van der Waals surface area contributed by atoms with Crippen LogP contribution in [-0.4, -0.2) is 29.7 Å². The highest BCUT2D eigenvalue weighted by atomic mass is 16.7. The van der Waals surface area contributed by atoms with Crippen LogP contribution in [0.5, 0.6) is 0 Å². The zero-order valence-electron chi connectivity index (χ0n) is 8.04. The summed E-state index contributed by atoms with van der Waals surface area (Å²) in [6.45, 7) is 6.35. The lowest BCUT2D eigenvalue weighted by molar-refractivity contribution is -0.141. The van der Waals surface area contributed by atoms with E-state index in [1.807, 2.05) is 20.8 Å². The molecule has 12 heavy (non-hydrogen) atoms. The zero-order chi connectivity index (χ0) is 9.19. The van der Waals surface area contributed by atoms with E-state index < -0.39 is 5.79 Å². The van der Waals surface area contributed by atoms with E-state index in [1.165, 1.54) is 0 Å². The molecule has 1 heterocycles. The predicted octanol–water partition coefficient (Wildman–Crippen LogP) is 1.30. The number of aliphatic hydroxyl groups excluding tert-OH is 1. The molecule has 0 saturated carbocycles. The van der Waals surface area contributed by atoms with Crippen LogP contribution in [0.15, 0.2) is 0 Å². The lowest BCUT2D eigenvalue weighted by atomic mass is 10.1. The van der Waals surface area contributed by atoms with Gasteiger partial charge in [-0.15, -0.1) is 0 Å². The summed E-state index contributed by atoms with van der Waals surface area (Å²) < 4.78 is 10.9. The molecule has 1 aliphatic rings. The maximum Gasteiger partial charge on any atom is 0.163 e. The van der Waals surface area contributed by atoms with Gasteiger partial charge in [0.25, 0.3) is 0 Å². The van der Waals surface area contributed by atoms with E-state index in [2.05, 4.69) is 0 Å². The summed E-state index contributed by atoms with van der Waals surface area (Å²) >= 11 is 0. The van der Waals surface area contributed by atoms with Crippen LogP contribution in [-0.2, 0) is 9.47 Å². The van der Waals surface area contributed by atoms with E-state index in [9.17, 15) is 5.11 Å².